The summed E-state index contributed by atoms with van der Waals surface area (Å²) in [7, 11) is 0. The molecule has 1 aromatic carbocycles. The average molecular weight is 278 g/mol. The lowest BCUT2D eigenvalue weighted by molar-refractivity contribution is 0.380. The zero-order valence-electron chi connectivity index (χ0n) is 10.5. The van der Waals surface area contributed by atoms with Crippen LogP contribution in [-0.2, 0) is 6.42 Å². The third-order valence-corrected chi connectivity index (χ3v) is 3.89. The predicted octanol–water partition coefficient (Wildman–Crippen LogP) is 2.98. The Kier molecular flexibility index (Phi) is 3.07. The summed E-state index contributed by atoms with van der Waals surface area (Å²) in [6.45, 7) is 0. The molecule has 5 heteroatoms. The summed E-state index contributed by atoms with van der Waals surface area (Å²) >= 11 is 0. The largest absolute Gasteiger partial charge is 0.339 e. The van der Waals surface area contributed by atoms with E-state index in [4.69, 9.17) is 10.3 Å². The smallest absolute Gasteiger partial charge is 0.230 e. The summed E-state index contributed by atoms with van der Waals surface area (Å²) in [5, 5.41) is 4.07. The van der Waals surface area contributed by atoms with Gasteiger partial charge in [0.15, 0.2) is 0 Å². The van der Waals surface area contributed by atoms with Gasteiger partial charge in [-0.25, -0.2) is 0 Å². The lowest BCUT2D eigenvalue weighted by Gasteiger charge is -2.04. The molecule has 1 aromatic heterocycles. The molecule has 1 fully saturated rings. The van der Waals surface area contributed by atoms with E-state index in [0.717, 1.165) is 24.3 Å². The van der Waals surface area contributed by atoms with Gasteiger partial charge in [-0.15, -0.1) is 12.4 Å². The number of nitrogens with two attached hydrogens (primary N) is 1. The molecular formula is C14H16ClN3O. The van der Waals surface area contributed by atoms with Crippen molar-refractivity contribution in [2.24, 2.45) is 5.73 Å². The lowest BCUT2D eigenvalue weighted by atomic mass is 10.0. The van der Waals surface area contributed by atoms with Gasteiger partial charge < -0.3 is 10.3 Å². The second kappa shape index (κ2) is 4.62. The molecule has 2 aromatic rings. The SMILES string of the molecule is Cl.N[C@@H]1CCc2cc(-c3noc(C4CC4)n3)ccc21. The summed E-state index contributed by atoms with van der Waals surface area (Å²) in [5.41, 5.74) is 9.68. The van der Waals surface area contributed by atoms with Crippen molar-refractivity contribution >= 4 is 12.4 Å². The van der Waals surface area contributed by atoms with Crippen LogP contribution in [0.2, 0.25) is 0 Å². The fourth-order valence-corrected chi connectivity index (χ4v) is 2.64. The first kappa shape index (κ1) is 12.6. The van der Waals surface area contributed by atoms with Crippen molar-refractivity contribution in [3.8, 4) is 11.4 Å². The Balaban J connectivity index is 0.00000110. The van der Waals surface area contributed by atoms with Crippen LogP contribution in [0, 0.1) is 0 Å². The van der Waals surface area contributed by atoms with Gasteiger partial charge in [-0.1, -0.05) is 17.3 Å². The minimum absolute atomic E-state index is 0. The van der Waals surface area contributed by atoms with Gasteiger partial charge in [-0.3, -0.25) is 0 Å². The van der Waals surface area contributed by atoms with Gasteiger partial charge in [0.25, 0.3) is 0 Å². The zero-order chi connectivity index (χ0) is 12.1. The molecule has 2 N–H and O–H groups in total. The first-order valence-electron chi connectivity index (χ1n) is 6.53. The molecule has 1 heterocycles. The van der Waals surface area contributed by atoms with Crippen molar-refractivity contribution in [1.29, 1.82) is 0 Å². The van der Waals surface area contributed by atoms with E-state index in [2.05, 4.69) is 22.3 Å². The molecule has 4 nitrogen and oxygen atoms in total. The Morgan fingerprint density at radius 3 is 2.84 bits per heavy atom. The highest BCUT2D eigenvalue weighted by Crippen LogP contribution is 2.40. The molecule has 2 aliphatic carbocycles. The molecule has 0 unspecified atom stereocenters. The number of benzene rings is 1. The maximum absolute atomic E-state index is 6.04. The molecule has 1 saturated carbocycles. The normalized spacial score (nSPS) is 21.0. The van der Waals surface area contributed by atoms with Gasteiger partial charge in [-0.05, 0) is 42.9 Å². The highest BCUT2D eigenvalue weighted by atomic mass is 35.5. The predicted molar refractivity (Wildman–Crippen MR) is 74.2 cm³/mol. The van der Waals surface area contributed by atoms with Gasteiger partial charge in [0.2, 0.25) is 11.7 Å². The van der Waals surface area contributed by atoms with Crippen molar-refractivity contribution in [2.75, 3.05) is 0 Å². The molecule has 0 amide bonds. The molecule has 0 bridgehead atoms. The van der Waals surface area contributed by atoms with Crippen molar-refractivity contribution in [3.63, 3.8) is 0 Å². The monoisotopic (exact) mass is 277 g/mol. The first-order valence-corrected chi connectivity index (χ1v) is 6.53. The molecule has 1 atom stereocenters. The molecule has 19 heavy (non-hydrogen) atoms. The fraction of sp³-hybridized carbons (Fsp3) is 0.429. The molecule has 0 spiro atoms. The number of nitrogens with zero attached hydrogens (tertiary/aromatic N) is 2. The van der Waals surface area contributed by atoms with Crippen LogP contribution in [0.15, 0.2) is 22.7 Å². The van der Waals surface area contributed by atoms with Gasteiger partial charge in [0.05, 0.1) is 0 Å². The Bertz CT molecular complexity index is 606. The van der Waals surface area contributed by atoms with Crippen LogP contribution >= 0.6 is 12.4 Å². The number of fused-ring (bicyclic) bond motifs is 1. The van der Waals surface area contributed by atoms with Crippen molar-refractivity contribution < 1.29 is 4.52 Å². The molecule has 0 aliphatic heterocycles. The van der Waals surface area contributed by atoms with E-state index < -0.39 is 0 Å². The second-order valence-corrected chi connectivity index (χ2v) is 5.29. The van der Waals surface area contributed by atoms with Gasteiger partial charge in [0, 0.05) is 17.5 Å². The summed E-state index contributed by atoms with van der Waals surface area (Å²) in [6.07, 6.45) is 4.46. The number of rotatable bonds is 2. The third-order valence-electron chi connectivity index (χ3n) is 3.89. The van der Waals surface area contributed by atoms with Gasteiger partial charge >= 0.3 is 0 Å². The topological polar surface area (TPSA) is 64.9 Å². The van der Waals surface area contributed by atoms with E-state index >= 15 is 0 Å². The van der Waals surface area contributed by atoms with E-state index in [0.29, 0.717) is 11.7 Å². The van der Waals surface area contributed by atoms with E-state index in [9.17, 15) is 0 Å². The summed E-state index contributed by atoms with van der Waals surface area (Å²) in [5.74, 6) is 2.01. The number of hydrogen-bond acceptors (Lipinski definition) is 4. The van der Waals surface area contributed by atoms with Crippen LogP contribution in [0.3, 0.4) is 0 Å². The Morgan fingerprint density at radius 2 is 2.05 bits per heavy atom. The third kappa shape index (κ3) is 2.15. The number of halogens is 1. The van der Waals surface area contributed by atoms with Gasteiger partial charge in [-0.2, -0.15) is 4.98 Å². The Hall–Kier alpha value is -1.39. The second-order valence-electron chi connectivity index (χ2n) is 5.29. The van der Waals surface area contributed by atoms with Crippen LogP contribution in [0.25, 0.3) is 11.4 Å². The van der Waals surface area contributed by atoms with Crippen LogP contribution in [0.1, 0.15) is 48.2 Å². The molecular weight excluding hydrogens is 262 g/mol. The quantitative estimate of drug-likeness (QED) is 0.916. The minimum Gasteiger partial charge on any atom is -0.339 e. The highest BCUT2D eigenvalue weighted by Gasteiger charge is 2.30. The van der Waals surface area contributed by atoms with E-state index in [-0.39, 0.29) is 18.4 Å². The number of aromatic nitrogens is 2. The number of hydrogen-bond donors (Lipinski definition) is 1. The standard InChI is InChI=1S/C14H15N3O.ClH/c15-12-6-4-9-7-10(3-5-11(9)12)13-16-14(18-17-13)8-1-2-8;/h3,5,7-8,12H,1-2,4,6,15H2;1H/t12-;/m1./s1. The Labute approximate surface area is 117 Å². The van der Waals surface area contributed by atoms with Crippen molar-refractivity contribution in [2.45, 2.75) is 37.6 Å². The van der Waals surface area contributed by atoms with E-state index in [1.807, 2.05) is 6.07 Å². The van der Waals surface area contributed by atoms with Crippen LogP contribution in [0.4, 0.5) is 0 Å². The van der Waals surface area contributed by atoms with Gasteiger partial charge in [0.1, 0.15) is 0 Å². The first-order chi connectivity index (χ1) is 8.81. The van der Waals surface area contributed by atoms with E-state index in [1.165, 1.54) is 24.0 Å². The molecule has 4 rings (SSSR count). The molecule has 100 valence electrons. The van der Waals surface area contributed by atoms with Crippen LogP contribution < -0.4 is 5.73 Å². The lowest BCUT2D eigenvalue weighted by Crippen LogP contribution is -2.04. The minimum atomic E-state index is 0. The average Bonchev–Trinajstić information content (AvgIpc) is 3.01. The van der Waals surface area contributed by atoms with Crippen molar-refractivity contribution in [1.82, 2.24) is 10.1 Å². The highest BCUT2D eigenvalue weighted by molar-refractivity contribution is 5.85. The molecule has 0 radical (unpaired) electrons. The summed E-state index contributed by atoms with van der Waals surface area (Å²) in [4.78, 5) is 4.48. The van der Waals surface area contributed by atoms with Crippen LogP contribution in [0.5, 0.6) is 0 Å². The zero-order valence-corrected chi connectivity index (χ0v) is 11.3. The van der Waals surface area contributed by atoms with E-state index in [1.54, 1.807) is 0 Å². The Morgan fingerprint density at radius 1 is 1.21 bits per heavy atom. The maximum atomic E-state index is 6.04. The summed E-state index contributed by atoms with van der Waals surface area (Å²) in [6, 6.07) is 6.51. The summed E-state index contributed by atoms with van der Waals surface area (Å²) < 4.78 is 5.30. The molecule has 2 aliphatic rings. The number of aryl methyl sites for hydroxylation is 1. The van der Waals surface area contributed by atoms with Crippen LogP contribution in [-0.4, -0.2) is 10.1 Å². The fourth-order valence-electron chi connectivity index (χ4n) is 2.64. The van der Waals surface area contributed by atoms with Crippen molar-refractivity contribution in [3.05, 3.63) is 35.2 Å². The molecule has 0 saturated heterocycles. The maximum Gasteiger partial charge on any atom is 0.230 e.